The number of hydrogen-bond donors (Lipinski definition) is 1. The van der Waals surface area contributed by atoms with Gasteiger partial charge in [-0.25, -0.2) is 4.98 Å². The number of hydrogen-bond acceptors (Lipinski definition) is 6. The maximum Gasteiger partial charge on any atom is 0.226 e. The number of nitrogens with zero attached hydrogens (tertiary/aromatic N) is 2. The Morgan fingerprint density at radius 1 is 1.44 bits per heavy atom. The van der Waals surface area contributed by atoms with Crippen molar-refractivity contribution in [2.45, 2.75) is 26.4 Å². The number of methoxy groups -OCH3 is 1. The van der Waals surface area contributed by atoms with Gasteiger partial charge in [0.15, 0.2) is 5.13 Å². The second-order valence-electron chi connectivity index (χ2n) is 6.50. The molecule has 25 heavy (non-hydrogen) atoms. The van der Waals surface area contributed by atoms with Gasteiger partial charge in [0.2, 0.25) is 5.91 Å². The molecule has 0 radical (unpaired) electrons. The van der Waals surface area contributed by atoms with E-state index < -0.39 is 0 Å². The lowest BCUT2D eigenvalue weighted by Crippen LogP contribution is -2.53. The van der Waals surface area contributed by atoms with Gasteiger partial charge in [-0.3, -0.25) is 4.79 Å². The van der Waals surface area contributed by atoms with Crippen molar-refractivity contribution in [1.29, 1.82) is 0 Å². The van der Waals surface area contributed by atoms with E-state index in [0.717, 1.165) is 40.6 Å². The third kappa shape index (κ3) is 4.41. The van der Waals surface area contributed by atoms with Crippen LogP contribution in [-0.4, -0.2) is 50.3 Å². The molecule has 0 spiro atoms. The highest BCUT2D eigenvalue weighted by Crippen LogP contribution is 2.34. The molecule has 1 N–H and O–H groups in total. The van der Waals surface area contributed by atoms with E-state index in [1.807, 2.05) is 32.0 Å². The van der Waals surface area contributed by atoms with Gasteiger partial charge in [-0.2, -0.15) is 0 Å². The molecule has 136 valence electrons. The Hall–Kier alpha value is -1.86. The zero-order valence-electron chi connectivity index (χ0n) is 14.9. The van der Waals surface area contributed by atoms with Crippen LogP contribution in [0.4, 0.5) is 5.13 Å². The maximum absolute atomic E-state index is 12.1. The Balaban J connectivity index is 1.45. The number of carbonyl (C=O) groups excluding carboxylic acids is 1. The summed E-state index contributed by atoms with van der Waals surface area (Å²) in [6.45, 7) is 6.84. The zero-order chi connectivity index (χ0) is 17.8. The van der Waals surface area contributed by atoms with Gasteiger partial charge in [0.1, 0.15) is 5.75 Å². The summed E-state index contributed by atoms with van der Waals surface area (Å²) in [6, 6.07) is 5.91. The van der Waals surface area contributed by atoms with E-state index in [2.05, 4.69) is 15.2 Å². The molecule has 2 heterocycles. The van der Waals surface area contributed by atoms with Crippen LogP contribution in [0.3, 0.4) is 0 Å². The minimum atomic E-state index is 0.0487. The van der Waals surface area contributed by atoms with E-state index in [0.29, 0.717) is 13.2 Å². The summed E-state index contributed by atoms with van der Waals surface area (Å²) in [7, 11) is 1.65. The van der Waals surface area contributed by atoms with E-state index in [9.17, 15) is 4.79 Å². The molecule has 0 bridgehead atoms. The van der Waals surface area contributed by atoms with Crippen LogP contribution in [-0.2, 0) is 9.53 Å². The first-order valence-corrected chi connectivity index (χ1v) is 9.47. The number of thiazole rings is 1. The number of nitrogens with one attached hydrogen (secondary N) is 1. The average Bonchev–Trinajstić information content (AvgIpc) is 2.95. The average molecular weight is 363 g/mol. The Labute approximate surface area is 152 Å². The third-order valence-electron chi connectivity index (χ3n) is 4.18. The van der Waals surface area contributed by atoms with Gasteiger partial charge in [-0.05, 0) is 32.4 Å². The van der Waals surface area contributed by atoms with Gasteiger partial charge in [-0.1, -0.05) is 11.3 Å². The van der Waals surface area contributed by atoms with Crippen LogP contribution < -0.4 is 15.0 Å². The molecule has 1 saturated heterocycles. The SMILES string of the molecule is COc1ccc2sc(N3CC(C(=O)NCCCOC(C)C)C3)nc2c1. The Bertz CT molecular complexity index is 725. The molecule has 1 fully saturated rings. The third-order valence-corrected chi connectivity index (χ3v) is 5.28. The lowest BCUT2D eigenvalue weighted by molar-refractivity contribution is -0.125. The Morgan fingerprint density at radius 3 is 2.96 bits per heavy atom. The van der Waals surface area contributed by atoms with E-state index in [1.165, 1.54) is 0 Å². The number of benzene rings is 1. The molecule has 1 aromatic carbocycles. The fraction of sp³-hybridized carbons (Fsp3) is 0.556. The molecule has 1 aliphatic heterocycles. The summed E-state index contributed by atoms with van der Waals surface area (Å²) in [6.07, 6.45) is 1.09. The lowest BCUT2D eigenvalue weighted by atomic mass is 10.00. The second-order valence-corrected chi connectivity index (χ2v) is 7.51. The smallest absolute Gasteiger partial charge is 0.226 e. The highest BCUT2D eigenvalue weighted by Gasteiger charge is 2.34. The highest BCUT2D eigenvalue weighted by atomic mass is 32.1. The molecular formula is C18H25N3O3S. The Kier molecular flexibility index (Phi) is 5.75. The largest absolute Gasteiger partial charge is 0.497 e. The predicted octanol–water partition coefficient (Wildman–Crippen LogP) is 2.67. The van der Waals surface area contributed by atoms with Gasteiger partial charge < -0.3 is 19.7 Å². The number of rotatable bonds is 8. The standard InChI is InChI=1S/C18H25N3O3S/c1-12(2)24-8-4-7-19-17(22)13-10-21(11-13)18-20-15-9-14(23-3)5-6-16(15)25-18/h5-6,9,12-13H,4,7-8,10-11H2,1-3H3,(H,19,22). The van der Waals surface area contributed by atoms with E-state index >= 15 is 0 Å². The van der Waals surface area contributed by atoms with Crippen LogP contribution in [0.5, 0.6) is 5.75 Å². The normalized spacial score (nSPS) is 14.8. The van der Waals surface area contributed by atoms with Crippen molar-refractivity contribution in [2.24, 2.45) is 5.92 Å². The number of ether oxygens (including phenoxy) is 2. The van der Waals surface area contributed by atoms with Gasteiger partial charge in [-0.15, -0.1) is 0 Å². The first-order valence-electron chi connectivity index (χ1n) is 8.65. The van der Waals surface area contributed by atoms with Gasteiger partial charge >= 0.3 is 0 Å². The van der Waals surface area contributed by atoms with Gasteiger partial charge in [0.25, 0.3) is 0 Å². The lowest BCUT2D eigenvalue weighted by Gasteiger charge is -2.37. The predicted molar refractivity (Wildman–Crippen MR) is 101 cm³/mol. The molecule has 0 saturated carbocycles. The van der Waals surface area contributed by atoms with E-state index in [4.69, 9.17) is 9.47 Å². The maximum atomic E-state index is 12.1. The molecule has 3 rings (SSSR count). The van der Waals surface area contributed by atoms with Gasteiger partial charge in [0.05, 0.1) is 29.3 Å². The molecule has 2 aromatic rings. The number of carbonyl (C=O) groups is 1. The monoisotopic (exact) mass is 363 g/mol. The van der Waals surface area contributed by atoms with Crippen molar-refractivity contribution in [2.75, 3.05) is 38.3 Å². The molecule has 6 nitrogen and oxygen atoms in total. The molecule has 7 heteroatoms. The summed E-state index contributed by atoms with van der Waals surface area (Å²) >= 11 is 1.65. The minimum absolute atomic E-state index is 0.0487. The van der Waals surface area contributed by atoms with Crippen molar-refractivity contribution in [3.8, 4) is 5.75 Å². The molecule has 0 aliphatic carbocycles. The quantitative estimate of drug-likeness (QED) is 0.731. The second kappa shape index (κ2) is 8.01. The van der Waals surface area contributed by atoms with Crippen molar-refractivity contribution >= 4 is 32.6 Å². The van der Waals surface area contributed by atoms with Crippen LogP contribution in [0.15, 0.2) is 18.2 Å². The van der Waals surface area contributed by atoms with Crippen LogP contribution in [0.25, 0.3) is 10.2 Å². The number of amides is 1. The highest BCUT2D eigenvalue weighted by molar-refractivity contribution is 7.22. The summed E-state index contributed by atoms with van der Waals surface area (Å²) in [5, 5.41) is 3.96. The van der Waals surface area contributed by atoms with Crippen LogP contribution in [0, 0.1) is 5.92 Å². The first-order chi connectivity index (χ1) is 12.1. The fourth-order valence-corrected chi connectivity index (χ4v) is 3.67. The topological polar surface area (TPSA) is 63.7 Å². The number of fused-ring (bicyclic) bond motifs is 1. The van der Waals surface area contributed by atoms with E-state index in [1.54, 1.807) is 18.4 Å². The molecule has 1 aliphatic rings. The fourth-order valence-electron chi connectivity index (χ4n) is 2.71. The summed E-state index contributed by atoms with van der Waals surface area (Å²) in [4.78, 5) is 19.0. The summed E-state index contributed by atoms with van der Waals surface area (Å²) in [5.41, 5.74) is 0.942. The number of anilines is 1. The van der Waals surface area contributed by atoms with E-state index in [-0.39, 0.29) is 17.9 Å². The summed E-state index contributed by atoms with van der Waals surface area (Å²) in [5.74, 6) is 0.989. The van der Waals surface area contributed by atoms with Crippen molar-refractivity contribution < 1.29 is 14.3 Å². The van der Waals surface area contributed by atoms with Crippen molar-refractivity contribution in [1.82, 2.24) is 10.3 Å². The van der Waals surface area contributed by atoms with Crippen LogP contribution in [0.2, 0.25) is 0 Å². The van der Waals surface area contributed by atoms with Crippen molar-refractivity contribution in [3.63, 3.8) is 0 Å². The van der Waals surface area contributed by atoms with Crippen LogP contribution >= 0.6 is 11.3 Å². The Morgan fingerprint density at radius 2 is 2.24 bits per heavy atom. The van der Waals surface area contributed by atoms with Gasteiger partial charge in [0, 0.05) is 32.3 Å². The molecule has 0 unspecified atom stereocenters. The summed E-state index contributed by atoms with van der Waals surface area (Å²) < 4.78 is 11.8. The molecule has 0 atom stereocenters. The molecule has 1 aromatic heterocycles. The number of aromatic nitrogens is 1. The van der Waals surface area contributed by atoms with Crippen LogP contribution in [0.1, 0.15) is 20.3 Å². The zero-order valence-corrected chi connectivity index (χ0v) is 15.8. The van der Waals surface area contributed by atoms with Crippen molar-refractivity contribution in [3.05, 3.63) is 18.2 Å². The first kappa shape index (κ1) is 17.9. The minimum Gasteiger partial charge on any atom is -0.497 e. The molecule has 1 amide bonds. The molecular weight excluding hydrogens is 338 g/mol.